The molecule has 0 spiro atoms. The highest BCUT2D eigenvalue weighted by Crippen LogP contribution is 2.38. The molecule has 0 atom stereocenters. The summed E-state index contributed by atoms with van der Waals surface area (Å²) in [6.45, 7) is 0. The Bertz CT molecular complexity index is 3080. The van der Waals surface area contributed by atoms with Crippen molar-refractivity contribution >= 4 is 76.7 Å². The topological polar surface area (TPSA) is 241 Å². The Hall–Kier alpha value is -6.21. The Balaban J connectivity index is 1.50. The van der Waals surface area contributed by atoms with E-state index < -0.39 is 30.4 Å². The normalized spacial score (nSPS) is 13.0. The zero-order valence-electron chi connectivity index (χ0n) is 27.9. The van der Waals surface area contributed by atoms with Crippen LogP contribution in [0.4, 0.5) is 0 Å². The van der Waals surface area contributed by atoms with Gasteiger partial charge in [-0.15, -0.1) is 0 Å². The molecule has 0 fully saturated rings. The van der Waals surface area contributed by atoms with Crippen molar-refractivity contribution in [1.29, 1.82) is 0 Å². The van der Waals surface area contributed by atoms with Crippen molar-refractivity contribution in [3.8, 4) is 39.1 Å². The van der Waals surface area contributed by atoms with Gasteiger partial charge in [-0.05, 0) is 102 Å². The third-order valence-corrected chi connectivity index (χ3v) is 11.7. The number of aromatic amines is 2. The molecule has 17 heteroatoms. The standard InChI is InChI=1S/C38H26N4O10S3/c43-38-33-19-17-31(41-33)36(22-3-9-25(10-4-22)54(47,48)49)29-15-13-27(39-29)35(21-1-7-24(8-2-21)53(44,45)46)28-14-16-30(40-28)37(32-18-20-34(38)42-32)23-5-11-26(12-6-23)55(50,51)52/h1-20,39,42-43H,(H,44,45,46)(H,47,48,49)(H,50,51,52). The van der Waals surface area contributed by atoms with Crippen LogP contribution in [0.5, 0.6) is 5.75 Å². The number of fused-ring (bicyclic) bond motifs is 8. The summed E-state index contributed by atoms with van der Waals surface area (Å²) < 4.78 is 100. The van der Waals surface area contributed by atoms with Crippen LogP contribution in [-0.2, 0) is 30.4 Å². The third kappa shape index (κ3) is 6.76. The van der Waals surface area contributed by atoms with E-state index in [1.54, 1.807) is 48.6 Å². The largest absolute Gasteiger partial charge is 0.504 e. The molecule has 6 N–H and O–H groups in total. The van der Waals surface area contributed by atoms with Crippen LogP contribution in [0.15, 0.2) is 112 Å². The van der Waals surface area contributed by atoms with E-state index in [9.17, 15) is 44.0 Å². The number of nitrogens with one attached hydrogen (secondary N) is 2. The first-order valence-electron chi connectivity index (χ1n) is 16.1. The van der Waals surface area contributed by atoms with Crippen LogP contribution < -0.4 is 0 Å². The first-order chi connectivity index (χ1) is 26.0. The Morgan fingerprint density at radius 2 is 0.655 bits per heavy atom. The maximum atomic E-state index is 11.9. The molecule has 2 aliphatic rings. The molecular formula is C38H26N4O10S3. The van der Waals surface area contributed by atoms with Gasteiger partial charge in [0.25, 0.3) is 30.4 Å². The third-order valence-electron chi connectivity index (χ3n) is 9.05. The number of aromatic hydroxyl groups is 1. The van der Waals surface area contributed by atoms with E-state index in [4.69, 9.17) is 9.97 Å². The number of rotatable bonds is 6. The van der Waals surface area contributed by atoms with Gasteiger partial charge in [-0.3, -0.25) is 13.7 Å². The van der Waals surface area contributed by atoms with Crippen LogP contribution in [0.3, 0.4) is 0 Å². The van der Waals surface area contributed by atoms with E-state index in [0.717, 1.165) is 0 Å². The Morgan fingerprint density at radius 3 is 0.982 bits per heavy atom. The fraction of sp³-hybridized carbons (Fsp3) is 0. The van der Waals surface area contributed by atoms with Gasteiger partial charge in [0.2, 0.25) is 0 Å². The van der Waals surface area contributed by atoms with Crippen LogP contribution >= 0.6 is 0 Å². The highest BCUT2D eigenvalue weighted by atomic mass is 32.2. The first kappa shape index (κ1) is 35.8. The van der Waals surface area contributed by atoms with Crippen LogP contribution in [-0.4, -0.2) is 64.0 Å². The van der Waals surface area contributed by atoms with Crippen molar-refractivity contribution in [2.75, 3.05) is 0 Å². The molecule has 0 radical (unpaired) electrons. The highest BCUT2D eigenvalue weighted by molar-refractivity contribution is 7.86. The van der Waals surface area contributed by atoms with Gasteiger partial charge in [0.15, 0.2) is 5.75 Å². The minimum absolute atomic E-state index is 0.195. The summed E-state index contributed by atoms with van der Waals surface area (Å²) in [5.41, 5.74) is 6.32. The van der Waals surface area contributed by atoms with Crippen molar-refractivity contribution in [2.24, 2.45) is 0 Å². The summed E-state index contributed by atoms with van der Waals surface area (Å²) in [4.78, 5) is 15.4. The minimum Gasteiger partial charge on any atom is -0.504 e. The molecule has 5 heterocycles. The Labute approximate surface area is 313 Å². The molecular weight excluding hydrogens is 769 g/mol. The van der Waals surface area contributed by atoms with Crippen molar-refractivity contribution in [1.82, 2.24) is 19.9 Å². The lowest BCUT2D eigenvalue weighted by atomic mass is 10.0. The van der Waals surface area contributed by atoms with Crippen LogP contribution in [0, 0.1) is 0 Å². The van der Waals surface area contributed by atoms with Crippen molar-refractivity contribution in [2.45, 2.75) is 14.7 Å². The SMILES string of the molecule is O=S(=O)(O)c1ccc(-c2c3nc(c(-c4ccc(S(=O)(=O)O)cc4)c4ccc([nH]4)c(-c4ccc(S(=O)(=O)O)cc4)c4nc(c(O)c5ccc2[nH]5)C=C4)C=C3)cc1. The number of hydrogen-bond donors (Lipinski definition) is 6. The molecule has 3 aromatic carbocycles. The fourth-order valence-corrected chi connectivity index (χ4v) is 7.92. The molecule has 6 aromatic rings. The second-order valence-electron chi connectivity index (χ2n) is 12.5. The maximum absolute atomic E-state index is 11.9. The van der Waals surface area contributed by atoms with Gasteiger partial charge in [-0.2, -0.15) is 25.3 Å². The number of aromatic nitrogens is 4. The van der Waals surface area contributed by atoms with Crippen molar-refractivity contribution in [3.05, 3.63) is 120 Å². The molecule has 8 rings (SSSR count). The molecule has 276 valence electrons. The van der Waals surface area contributed by atoms with Gasteiger partial charge in [-0.1, -0.05) is 36.4 Å². The van der Waals surface area contributed by atoms with Gasteiger partial charge in [0.1, 0.15) is 5.69 Å². The Morgan fingerprint density at radius 1 is 0.382 bits per heavy atom. The smallest absolute Gasteiger partial charge is 0.294 e. The van der Waals surface area contributed by atoms with Gasteiger partial charge < -0.3 is 15.1 Å². The van der Waals surface area contributed by atoms with E-state index >= 15 is 0 Å². The lowest BCUT2D eigenvalue weighted by molar-refractivity contribution is 0.477. The fourth-order valence-electron chi connectivity index (χ4n) is 6.48. The molecule has 55 heavy (non-hydrogen) atoms. The summed E-state index contributed by atoms with van der Waals surface area (Å²) in [6, 6.07) is 23.5. The lowest BCUT2D eigenvalue weighted by Crippen LogP contribution is -1.97. The molecule has 0 saturated heterocycles. The lowest BCUT2D eigenvalue weighted by Gasteiger charge is -2.07. The van der Waals surface area contributed by atoms with E-state index in [-0.39, 0.29) is 31.6 Å². The monoisotopic (exact) mass is 794 g/mol. The predicted octanol–water partition coefficient (Wildman–Crippen LogP) is 7.10. The van der Waals surface area contributed by atoms with Gasteiger partial charge in [-0.25, -0.2) is 9.97 Å². The van der Waals surface area contributed by atoms with E-state index in [0.29, 0.717) is 67.0 Å². The van der Waals surface area contributed by atoms with E-state index in [1.165, 1.54) is 72.8 Å². The summed E-state index contributed by atoms with van der Waals surface area (Å²) in [5, 5.41) is 11.5. The highest BCUT2D eigenvalue weighted by Gasteiger charge is 2.20. The van der Waals surface area contributed by atoms with Crippen LogP contribution in [0.25, 0.3) is 79.8 Å². The summed E-state index contributed by atoms with van der Waals surface area (Å²) in [5.74, 6) is -0.195. The Kier molecular flexibility index (Phi) is 8.45. The summed E-state index contributed by atoms with van der Waals surface area (Å²) >= 11 is 0. The zero-order chi connectivity index (χ0) is 38.9. The second kappa shape index (κ2) is 13.0. The zero-order valence-corrected chi connectivity index (χ0v) is 30.4. The van der Waals surface area contributed by atoms with E-state index in [1.807, 2.05) is 0 Å². The molecule has 14 nitrogen and oxygen atoms in total. The van der Waals surface area contributed by atoms with Gasteiger partial charge in [0.05, 0.1) is 37.3 Å². The summed E-state index contributed by atoms with van der Waals surface area (Å²) in [7, 11) is -13.5. The average Bonchev–Trinajstić information content (AvgIpc) is 3.97. The van der Waals surface area contributed by atoms with Gasteiger partial charge >= 0.3 is 0 Å². The molecule has 0 saturated carbocycles. The second-order valence-corrected chi connectivity index (χ2v) is 16.7. The average molecular weight is 795 g/mol. The number of H-pyrrole nitrogens is 2. The van der Waals surface area contributed by atoms with E-state index in [2.05, 4.69) is 9.97 Å². The van der Waals surface area contributed by atoms with Crippen LogP contribution in [0.2, 0.25) is 0 Å². The molecule has 0 unspecified atom stereocenters. The maximum Gasteiger partial charge on any atom is 0.294 e. The molecule has 3 aromatic heterocycles. The quantitative estimate of drug-likeness (QED) is 0.0924. The molecule has 8 bridgehead atoms. The number of benzene rings is 3. The molecule has 0 amide bonds. The van der Waals surface area contributed by atoms with Gasteiger partial charge in [0, 0.05) is 33.2 Å². The van der Waals surface area contributed by atoms with Crippen LogP contribution in [0.1, 0.15) is 22.8 Å². The first-order valence-corrected chi connectivity index (χ1v) is 20.5. The van der Waals surface area contributed by atoms with Crippen molar-refractivity contribution in [3.63, 3.8) is 0 Å². The minimum atomic E-state index is -4.50. The number of hydrogen-bond acceptors (Lipinski definition) is 9. The predicted molar refractivity (Wildman–Crippen MR) is 206 cm³/mol. The molecule has 0 aliphatic carbocycles. The number of nitrogens with zero attached hydrogens (tertiary/aromatic N) is 2. The van der Waals surface area contributed by atoms with Crippen molar-refractivity contribution < 1.29 is 44.0 Å². The molecule has 2 aliphatic heterocycles. The summed E-state index contributed by atoms with van der Waals surface area (Å²) in [6.07, 6.45) is 6.76.